The third-order valence-electron chi connectivity index (χ3n) is 3.05. The minimum absolute atomic E-state index is 0.221. The van der Waals surface area contributed by atoms with Gasteiger partial charge in [-0.05, 0) is 61.5 Å². The molecular formula is C16H16N4S. The first-order chi connectivity index (χ1) is 10.1. The van der Waals surface area contributed by atoms with Crippen molar-refractivity contribution in [2.24, 2.45) is 4.99 Å². The quantitative estimate of drug-likeness (QED) is 0.444. The second-order valence-electron chi connectivity index (χ2n) is 4.64. The highest BCUT2D eigenvalue weighted by Gasteiger charge is 2.04. The summed E-state index contributed by atoms with van der Waals surface area (Å²) in [5.41, 5.74) is 4.59. The van der Waals surface area contributed by atoms with Crippen molar-refractivity contribution in [3.8, 4) is 0 Å². The van der Waals surface area contributed by atoms with Gasteiger partial charge in [-0.2, -0.15) is 4.99 Å². The third kappa shape index (κ3) is 3.99. The van der Waals surface area contributed by atoms with Gasteiger partial charge in [0.15, 0.2) is 5.96 Å². The lowest BCUT2D eigenvalue weighted by molar-refractivity contribution is 1.37. The van der Waals surface area contributed by atoms with Gasteiger partial charge in [-0.15, -0.1) is 0 Å². The summed E-state index contributed by atoms with van der Waals surface area (Å²) in [4.78, 5) is 3.93. The lowest BCUT2D eigenvalue weighted by atomic mass is 10.2. The Bertz CT molecular complexity index is 718. The number of benzene rings is 2. The first kappa shape index (κ1) is 14.9. The molecule has 2 aromatic rings. The number of rotatable bonds is 3. The van der Waals surface area contributed by atoms with Gasteiger partial charge in [0.1, 0.15) is 0 Å². The SMILES string of the molecule is Cc1ccccc1NC(=N)Nc1ccc(N=C=S)cc1C. The van der Waals surface area contributed by atoms with Gasteiger partial charge in [0.25, 0.3) is 0 Å². The van der Waals surface area contributed by atoms with Crippen molar-refractivity contribution in [1.29, 1.82) is 5.41 Å². The van der Waals surface area contributed by atoms with Crippen LogP contribution in [-0.4, -0.2) is 11.1 Å². The molecule has 4 nitrogen and oxygen atoms in total. The molecule has 0 atom stereocenters. The number of isothiocyanates is 1. The standard InChI is InChI=1S/C16H16N4S/c1-11-5-3-4-6-14(11)19-16(17)20-15-8-7-13(18-10-21)9-12(15)2/h3-9H,1-2H3,(H3,17,19,20). The number of aryl methyl sites for hydroxylation is 2. The highest BCUT2D eigenvalue weighted by molar-refractivity contribution is 7.78. The minimum atomic E-state index is 0.221. The molecule has 3 N–H and O–H groups in total. The average molecular weight is 296 g/mol. The van der Waals surface area contributed by atoms with Crippen LogP contribution in [0.1, 0.15) is 11.1 Å². The molecule has 2 rings (SSSR count). The van der Waals surface area contributed by atoms with E-state index in [-0.39, 0.29) is 5.96 Å². The number of thiocarbonyl (C=S) groups is 1. The van der Waals surface area contributed by atoms with Crippen LogP contribution in [0, 0.1) is 19.3 Å². The molecule has 2 aromatic carbocycles. The molecule has 0 aliphatic heterocycles. The second-order valence-corrected chi connectivity index (χ2v) is 4.82. The predicted octanol–water partition coefficient (Wildman–Crippen LogP) is 4.50. The molecule has 21 heavy (non-hydrogen) atoms. The number of hydrogen-bond acceptors (Lipinski definition) is 3. The van der Waals surface area contributed by atoms with Crippen LogP contribution in [0.3, 0.4) is 0 Å². The molecule has 0 amide bonds. The molecule has 0 bridgehead atoms. The fourth-order valence-electron chi connectivity index (χ4n) is 1.92. The largest absolute Gasteiger partial charge is 0.326 e. The fourth-order valence-corrected chi connectivity index (χ4v) is 2.03. The van der Waals surface area contributed by atoms with Crippen LogP contribution < -0.4 is 10.6 Å². The van der Waals surface area contributed by atoms with Gasteiger partial charge in [-0.25, -0.2) is 0 Å². The van der Waals surface area contributed by atoms with Gasteiger partial charge < -0.3 is 10.6 Å². The molecule has 0 saturated carbocycles. The Morgan fingerprint density at radius 3 is 2.33 bits per heavy atom. The van der Waals surface area contributed by atoms with Gasteiger partial charge in [0.2, 0.25) is 0 Å². The summed E-state index contributed by atoms with van der Waals surface area (Å²) in [6, 6.07) is 13.4. The van der Waals surface area contributed by atoms with Crippen molar-refractivity contribution >= 4 is 40.4 Å². The van der Waals surface area contributed by atoms with E-state index in [9.17, 15) is 0 Å². The summed E-state index contributed by atoms with van der Waals surface area (Å²) < 4.78 is 0. The predicted molar refractivity (Wildman–Crippen MR) is 92.0 cm³/mol. The van der Waals surface area contributed by atoms with Gasteiger partial charge in [-0.3, -0.25) is 5.41 Å². The number of hydrogen-bond donors (Lipinski definition) is 3. The Morgan fingerprint density at radius 2 is 1.71 bits per heavy atom. The summed E-state index contributed by atoms with van der Waals surface area (Å²) in [7, 11) is 0. The molecule has 0 aromatic heterocycles. The Labute approximate surface area is 129 Å². The van der Waals surface area contributed by atoms with Crippen LogP contribution in [-0.2, 0) is 0 Å². The van der Waals surface area contributed by atoms with E-state index in [2.05, 4.69) is 33.0 Å². The number of anilines is 2. The molecule has 0 aliphatic rings. The summed E-state index contributed by atoms with van der Waals surface area (Å²) in [5.74, 6) is 0.221. The van der Waals surface area contributed by atoms with Gasteiger partial charge >= 0.3 is 0 Å². The number of nitrogens with zero attached hydrogens (tertiary/aromatic N) is 1. The minimum Gasteiger partial charge on any atom is -0.326 e. The summed E-state index contributed by atoms with van der Waals surface area (Å²) >= 11 is 4.59. The smallest absolute Gasteiger partial charge is 0.197 e. The Balaban J connectivity index is 2.10. The van der Waals surface area contributed by atoms with Crippen molar-refractivity contribution < 1.29 is 0 Å². The van der Waals surface area contributed by atoms with Crippen LogP contribution in [0.25, 0.3) is 0 Å². The third-order valence-corrected chi connectivity index (χ3v) is 3.14. The van der Waals surface area contributed by atoms with E-state index in [4.69, 9.17) is 5.41 Å². The normalized spacial score (nSPS) is 9.62. The zero-order valence-corrected chi connectivity index (χ0v) is 12.7. The fraction of sp³-hybridized carbons (Fsp3) is 0.125. The topological polar surface area (TPSA) is 60.3 Å². The first-order valence-corrected chi connectivity index (χ1v) is 6.87. The van der Waals surface area contributed by atoms with Crippen molar-refractivity contribution in [3.05, 3.63) is 53.6 Å². The van der Waals surface area contributed by atoms with E-state index in [0.29, 0.717) is 0 Å². The molecule has 0 radical (unpaired) electrons. The van der Waals surface area contributed by atoms with Crippen molar-refractivity contribution in [2.45, 2.75) is 13.8 Å². The van der Waals surface area contributed by atoms with E-state index >= 15 is 0 Å². The number of guanidine groups is 1. The Morgan fingerprint density at radius 1 is 1.05 bits per heavy atom. The van der Waals surface area contributed by atoms with E-state index in [0.717, 1.165) is 28.2 Å². The molecule has 0 spiro atoms. The maximum atomic E-state index is 8.02. The molecule has 5 heteroatoms. The molecule has 106 valence electrons. The Kier molecular flexibility index (Phi) is 4.82. The lowest BCUT2D eigenvalue weighted by Gasteiger charge is -2.14. The van der Waals surface area contributed by atoms with Crippen LogP contribution >= 0.6 is 12.2 Å². The molecule has 0 aliphatic carbocycles. The lowest BCUT2D eigenvalue weighted by Crippen LogP contribution is -2.21. The maximum absolute atomic E-state index is 8.02. The van der Waals surface area contributed by atoms with E-state index in [1.54, 1.807) is 0 Å². The summed E-state index contributed by atoms with van der Waals surface area (Å²) in [6.45, 7) is 3.95. The van der Waals surface area contributed by atoms with E-state index < -0.39 is 0 Å². The molecule has 0 saturated heterocycles. The zero-order valence-electron chi connectivity index (χ0n) is 11.9. The van der Waals surface area contributed by atoms with Crippen molar-refractivity contribution in [1.82, 2.24) is 0 Å². The summed E-state index contributed by atoms with van der Waals surface area (Å²) in [5, 5.41) is 16.4. The van der Waals surface area contributed by atoms with Crippen LogP contribution in [0.2, 0.25) is 0 Å². The van der Waals surface area contributed by atoms with Crippen molar-refractivity contribution in [2.75, 3.05) is 10.6 Å². The molecule has 0 unspecified atom stereocenters. The number of aliphatic imine (C=N–C) groups is 1. The van der Waals surface area contributed by atoms with Crippen LogP contribution in [0.5, 0.6) is 0 Å². The summed E-state index contributed by atoms with van der Waals surface area (Å²) in [6.07, 6.45) is 0. The Hall–Kier alpha value is -2.49. The number of para-hydroxylation sites is 1. The van der Waals surface area contributed by atoms with Gasteiger partial charge in [-0.1, -0.05) is 18.2 Å². The number of nitrogens with one attached hydrogen (secondary N) is 3. The monoisotopic (exact) mass is 296 g/mol. The zero-order chi connectivity index (χ0) is 15.2. The highest BCUT2D eigenvalue weighted by Crippen LogP contribution is 2.21. The average Bonchev–Trinajstić information content (AvgIpc) is 2.45. The van der Waals surface area contributed by atoms with E-state index in [1.165, 1.54) is 0 Å². The molecular weight excluding hydrogens is 280 g/mol. The molecule has 0 heterocycles. The van der Waals surface area contributed by atoms with Crippen LogP contribution in [0.15, 0.2) is 47.5 Å². The van der Waals surface area contributed by atoms with Gasteiger partial charge in [0.05, 0.1) is 10.8 Å². The van der Waals surface area contributed by atoms with Gasteiger partial charge in [0, 0.05) is 11.4 Å². The molecule has 0 fully saturated rings. The second kappa shape index (κ2) is 6.79. The van der Waals surface area contributed by atoms with E-state index in [1.807, 2.05) is 56.3 Å². The first-order valence-electron chi connectivity index (χ1n) is 6.47. The maximum Gasteiger partial charge on any atom is 0.197 e. The van der Waals surface area contributed by atoms with Crippen LogP contribution in [0.4, 0.5) is 17.1 Å². The highest BCUT2D eigenvalue weighted by atomic mass is 32.1. The van der Waals surface area contributed by atoms with Crippen molar-refractivity contribution in [3.63, 3.8) is 0 Å².